The van der Waals surface area contributed by atoms with Crippen molar-refractivity contribution in [3.63, 3.8) is 0 Å². The van der Waals surface area contributed by atoms with Crippen LogP contribution in [0, 0.1) is 46.3 Å². The molecule has 0 aliphatic rings. The van der Waals surface area contributed by atoms with Gasteiger partial charge >= 0.3 is 18.9 Å². The Kier molecular flexibility index (Phi) is 26.2. The SMILES string of the molecule is C[C-](C)C.[Li+].[Sm]. The maximum Gasteiger partial charge on any atom is 1.00 e. The maximum atomic E-state index is 2.08. The average Bonchev–Trinajstić information content (AvgIpc) is 0.811. The Morgan fingerprint density at radius 2 is 1.00 bits per heavy atom. The first kappa shape index (κ1) is 15.7. The zero-order valence-corrected chi connectivity index (χ0v) is 7.53. The summed E-state index contributed by atoms with van der Waals surface area (Å²) in [5.74, 6) is 1.42. The Hall–Kier alpha value is 1.94. The van der Waals surface area contributed by atoms with Crippen LogP contribution in [-0.2, 0) is 0 Å². The molecule has 0 rings (SSSR count). The van der Waals surface area contributed by atoms with E-state index in [1.165, 1.54) is 5.92 Å². The van der Waals surface area contributed by atoms with Crippen LogP contribution in [-0.4, -0.2) is 0 Å². The molecule has 0 amide bonds. The van der Waals surface area contributed by atoms with E-state index in [1.807, 2.05) is 0 Å². The van der Waals surface area contributed by atoms with Crippen molar-refractivity contribution in [2.45, 2.75) is 20.8 Å². The molecule has 0 spiro atoms. The molecule has 32 valence electrons. The minimum Gasteiger partial charge on any atom is -0.323 e. The zero-order valence-electron chi connectivity index (χ0n) is 4.91. The van der Waals surface area contributed by atoms with Crippen LogP contribution in [0.4, 0.5) is 0 Å². The summed E-state index contributed by atoms with van der Waals surface area (Å²) in [5.41, 5.74) is 0. The van der Waals surface area contributed by atoms with E-state index >= 15 is 0 Å². The van der Waals surface area contributed by atoms with Crippen LogP contribution in [0.1, 0.15) is 20.8 Å². The van der Waals surface area contributed by atoms with Gasteiger partial charge in [0, 0.05) is 40.4 Å². The van der Waals surface area contributed by atoms with Gasteiger partial charge in [-0.25, -0.2) is 0 Å². The standard InChI is InChI=1S/C4H9.Li.Sm/c1-4(2)3;;/h1-3H3;;/q-1;+1;. The minimum absolute atomic E-state index is 0. The quantitative estimate of drug-likeness (QED) is 0.345. The molecule has 0 fully saturated rings. The molecule has 0 N–H and O–H groups in total. The summed E-state index contributed by atoms with van der Waals surface area (Å²) >= 11 is 0. The molecule has 0 saturated carbocycles. The zero-order chi connectivity index (χ0) is 3.58. The van der Waals surface area contributed by atoms with Crippen molar-refractivity contribution in [1.82, 2.24) is 0 Å². The molecule has 0 saturated heterocycles. The van der Waals surface area contributed by atoms with Crippen molar-refractivity contribution in [3.8, 4) is 0 Å². The third-order valence-corrected chi connectivity index (χ3v) is 0. The van der Waals surface area contributed by atoms with Crippen molar-refractivity contribution in [2.24, 2.45) is 0 Å². The predicted molar refractivity (Wildman–Crippen MR) is 20.3 cm³/mol. The summed E-state index contributed by atoms with van der Waals surface area (Å²) < 4.78 is 0. The van der Waals surface area contributed by atoms with E-state index in [1.54, 1.807) is 0 Å². The Balaban J connectivity index is -0.0000000450. The Morgan fingerprint density at radius 1 is 1.00 bits per heavy atom. The topological polar surface area (TPSA) is 0 Å². The van der Waals surface area contributed by atoms with Crippen LogP contribution in [0.2, 0.25) is 0 Å². The molecule has 0 unspecified atom stereocenters. The smallest absolute Gasteiger partial charge is 0.323 e. The van der Waals surface area contributed by atoms with E-state index in [0.717, 1.165) is 0 Å². The second kappa shape index (κ2) is 10.0. The predicted octanol–water partition coefficient (Wildman–Crippen LogP) is -1.38. The van der Waals surface area contributed by atoms with Gasteiger partial charge in [-0.15, -0.1) is 0 Å². The van der Waals surface area contributed by atoms with Crippen LogP contribution in [0.3, 0.4) is 0 Å². The van der Waals surface area contributed by atoms with Crippen LogP contribution >= 0.6 is 0 Å². The fraction of sp³-hybridized carbons (Fsp3) is 0.750. The molecular formula is C4H9LiSm. The fourth-order valence-electron chi connectivity index (χ4n) is 0. The van der Waals surface area contributed by atoms with Crippen LogP contribution in [0.15, 0.2) is 0 Å². The van der Waals surface area contributed by atoms with Gasteiger partial charge in [-0.05, 0) is 0 Å². The van der Waals surface area contributed by atoms with Crippen molar-refractivity contribution >= 4 is 0 Å². The van der Waals surface area contributed by atoms with E-state index < -0.39 is 0 Å². The molecule has 0 radical (unpaired) electrons. The normalized spacial score (nSPS) is 6.00. The third kappa shape index (κ3) is 38.6. The second-order valence-electron chi connectivity index (χ2n) is 1.50. The molecule has 0 nitrogen and oxygen atoms in total. The average molecular weight is 214 g/mol. The first-order valence-electron chi connectivity index (χ1n) is 1.50. The van der Waals surface area contributed by atoms with Gasteiger partial charge in [0.25, 0.3) is 0 Å². The Morgan fingerprint density at radius 3 is 1.00 bits per heavy atom. The van der Waals surface area contributed by atoms with Crippen molar-refractivity contribution in [3.05, 3.63) is 5.92 Å². The Bertz CT molecular complexity index is 12.3. The van der Waals surface area contributed by atoms with Gasteiger partial charge in [0.05, 0.1) is 0 Å². The second-order valence-corrected chi connectivity index (χ2v) is 1.50. The molecule has 0 aromatic rings. The number of rotatable bonds is 0. The van der Waals surface area contributed by atoms with Crippen LogP contribution < -0.4 is 18.9 Å². The van der Waals surface area contributed by atoms with Gasteiger partial charge in [0.15, 0.2) is 0 Å². The van der Waals surface area contributed by atoms with Gasteiger partial charge in [0.1, 0.15) is 0 Å². The molecular weight excluding hydrogens is 205 g/mol. The maximum absolute atomic E-state index is 2.08. The third-order valence-electron chi connectivity index (χ3n) is 0. The molecule has 0 aromatic heterocycles. The molecule has 0 bridgehead atoms. The summed E-state index contributed by atoms with van der Waals surface area (Å²) in [6.07, 6.45) is 0. The largest absolute Gasteiger partial charge is 1.00 e. The van der Waals surface area contributed by atoms with Crippen molar-refractivity contribution in [2.75, 3.05) is 0 Å². The monoisotopic (exact) mass is 216 g/mol. The van der Waals surface area contributed by atoms with E-state index in [-0.39, 0.29) is 59.2 Å². The summed E-state index contributed by atoms with van der Waals surface area (Å²) in [4.78, 5) is 0. The van der Waals surface area contributed by atoms with E-state index in [9.17, 15) is 0 Å². The van der Waals surface area contributed by atoms with Crippen LogP contribution in [0.5, 0.6) is 0 Å². The molecule has 0 heterocycles. The van der Waals surface area contributed by atoms with E-state index in [4.69, 9.17) is 0 Å². The summed E-state index contributed by atoms with van der Waals surface area (Å²) in [6.45, 7) is 6.25. The first-order valence-corrected chi connectivity index (χ1v) is 1.50. The van der Waals surface area contributed by atoms with E-state index in [0.29, 0.717) is 0 Å². The molecule has 0 aliphatic carbocycles. The van der Waals surface area contributed by atoms with Gasteiger partial charge < -0.3 is 5.92 Å². The molecule has 2 heteroatoms. The summed E-state index contributed by atoms with van der Waals surface area (Å²) in [7, 11) is 0. The van der Waals surface area contributed by atoms with Gasteiger partial charge in [-0.1, -0.05) is 0 Å². The molecule has 0 aromatic carbocycles. The van der Waals surface area contributed by atoms with Gasteiger partial charge in [-0.3, -0.25) is 0 Å². The number of hydrogen-bond donors (Lipinski definition) is 0. The van der Waals surface area contributed by atoms with Gasteiger partial charge in [-0.2, -0.15) is 20.8 Å². The first-order chi connectivity index (χ1) is 1.73. The van der Waals surface area contributed by atoms with Gasteiger partial charge in [0.2, 0.25) is 0 Å². The molecule has 0 aliphatic heterocycles. The molecule has 6 heavy (non-hydrogen) atoms. The summed E-state index contributed by atoms with van der Waals surface area (Å²) in [6, 6.07) is 0. The van der Waals surface area contributed by atoms with Crippen LogP contribution in [0.25, 0.3) is 0 Å². The van der Waals surface area contributed by atoms with E-state index in [2.05, 4.69) is 20.8 Å². The Labute approximate surface area is 84.7 Å². The fourth-order valence-corrected chi connectivity index (χ4v) is 0. The van der Waals surface area contributed by atoms with Crippen molar-refractivity contribution < 1.29 is 59.2 Å². The minimum atomic E-state index is 0. The number of hydrogen-bond acceptors (Lipinski definition) is 0. The summed E-state index contributed by atoms with van der Waals surface area (Å²) in [5, 5.41) is 0. The molecule has 0 atom stereocenters. The van der Waals surface area contributed by atoms with Crippen molar-refractivity contribution in [1.29, 1.82) is 0 Å².